The Morgan fingerprint density at radius 1 is 1.20 bits per heavy atom. The van der Waals surface area contributed by atoms with Gasteiger partial charge in [-0.3, -0.25) is 11.3 Å². The molecule has 0 fully saturated rings. The number of rotatable bonds is 4. The van der Waals surface area contributed by atoms with E-state index in [-0.39, 0.29) is 11.9 Å². The van der Waals surface area contributed by atoms with Gasteiger partial charge in [0.05, 0.1) is 6.04 Å². The number of aryl methyl sites for hydroxylation is 1. The normalized spacial score (nSPS) is 12.4. The summed E-state index contributed by atoms with van der Waals surface area (Å²) in [6.45, 7) is 1.92. The number of benzene rings is 2. The molecule has 0 saturated carbocycles. The smallest absolute Gasteiger partial charge is 0.126 e. The largest absolute Gasteiger partial charge is 0.271 e. The highest BCUT2D eigenvalue weighted by atomic mass is 35.5. The molecule has 106 valence electrons. The average molecular weight is 313 g/mol. The number of nitrogens with two attached hydrogens (primary N) is 1. The lowest BCUT2D eigenvalue weighted by molar-refractivity contribution is 0.529. The molecule has 2 nitrogen and oxygen atoms in total. The van der Waals surface area contributed by atoms with E-state index in [9.17, 15) is 4.39 Å². The second kappa shape index (κ2) is 6.55. The van der Waals surface area contributed by atoms with Crippen LogP contribution in [0.5, 0.6) is 0 Å². The van der Waals surface area contributed by atoms with Gasteiger partial charge in [-0.15, -0.1) is 0 Å². The van der Waals surface area contributed by atoms with E-state index in [1.165, 1.54) is 12.1 Å². The van der Waals surface area contributed by atoms with Crippen molar-refractivity contribution in [2.45, 2.75) is 19.4 Å². The number of halogens is 3. The molecular weight excluding hydrogens is 298 g/mol. The highest BCUT2D eigenvalue weighted by Crippen LogP contribution is 2.25. The third-order valence-electron chi connectivity index (χ3n) is 3.23. The minimum atomic E-state index is -0.298. The van der Waals surface area contributed by atoms with Crippen LogP contribution in [-0.4, -0.2) is 0 Å². The molecule has 0 amide bonds. The fourth-order valence-corrected chi connectivity index (χ4v) is 2.40. The summed E-state index contributed by atoms with van der Waals surface area (Å²) in [5, 5.41) is 1.16. The molecule has 2 aromatic carbocycles. The SMILES string of the molecule is Cc1ccc(C(Cc2cc(Cl)ccc2F)NN)cc1Cl. The van der Waals surface area contributed by atoms with E-state index in [0.717, 1.165) is 11.1 Å². The molecule has 2 aromatic rings. The minimum absolute atomic E-state index is 0.235. The van der Waals surface area contributed by atoms with Crippen molar-refractivity contribution in [3.8, 4) is 0 Å². The van der Waals surface area contributed by atoms with Crippen molar-refractivity contribution in [1.29, 1.82) is 0 Å². The molecule has 0 aliphatic rings. The van der Waals surface area contributed by atoms with Crippen LogP contribution in [0.1, 0.15) is 22.7 Å². The number of hydrogen-bond donors (Lipinski definition) is 2. The Kier molecular flexibility index (Phi) is 5.00. The van der Waals surface area contributed by atoms with Crippen LogP contribution in [0.4, 0.5) is 4.39 Å². The van der Waals surface area contributed by atoms with Gasteiger partial charge in [0.1, 0.15) is 5.82 Å². The summed E-state index contributed by atoms with van der Waals surface area (Å²) in [4.78, 5) is 0. The Morgan fingerprint density at radius 2 is 1.95 bits per heavy atom. The first-order valence-corrected chi connectivity index (χ1v) is 6.93. The third kappa shape index (κ3) is 3.49. The second-order valence-electron chi connectivity index (χ2n) is 4.67. The zero-order valence-corrected chi connectivity index (χ0v) is 12.5. The van der Waals surface area contributed by atoms with Crippen molar-refractivity contribution in [2.24, 2.45) is 5.84 Å². The van der Waals surface area contributed by atoms with Gasteiger partial charge in [-0.1, -0.05) is 35.3 Å². The standard InChI is InChI=1S/C15H15Cl2FN2/c1-9-2-3-10(7-13(9)17)15(20-19)8-11-6-12(16)4-5-14(11)18/h2-7,15,20H,8,19H2,1H3. The topological polar surface area (TPSA) is 38.0 Å². The molecule has 2 rings (SSSR count). The van der Waals surface area contributed by atoms with E-state index in [2.05, 4.69) is 5.43 Å². The molecule has 1 atom stereocenters. The molecule has 20 heavy (non-hydrogen) atoms. The first-order chi connectivity index (χ1) is 9.51. The average Bonchev–Trinajstić information content (AvgIpc) is 2.43. The van der Waals surface area contributed by atoms with Crippen molar-refractivity contribution >= 4 is 23.2 Å². The predicted molar refractivity (Wildman–Crippen MR) is 81.4 cm³/mol. The lowest BCUT2D eigenvalue weighted by Gasteiger charge is -2.18. The summed E-state index contributed by atoms with van der Waals surface area (Å²) in [6.07, 6.45) is 0.391. The Hall–Kier alpha value is -1.13. The molecule has 0 heterocycles. The number of hydrogen-bond acceptors (Lipinski definition) is 2. The molecule has 0 bridgehead atoms. The van der Waals surface area contributed by atoms with E-state index in [1.807, 2.05) is 25.1 Å². The summed E-state index contributed by atoms with van der Waals surface area (Å²) in [7, 11) is 0. The highest BCUT2D eigenvalue weighted by molar-refractivity contribution is 6.31. The van der Waals surface area contributed by atoms with Gasteiger partial charge in [0.15, 0.2) is 0 Å². The quantitative estimate of drug-likeness (QED) is 0.656. The monoisotopic (exact) mass is 312 g/mol. The Balaban J connectivity index is 2.28. The fourth-order valence-electron chi connectivity index (χ4n) is 2.02. The van der Waals surface area contributed by atoms with Gasteiger partial charge in [-0.25, -0.2) is 4.39 Å². The molecule has 3 N–H and O–H groups in total. The van der Waals surface area contributed by atoms with E-state index < -0.39 is 0 Å². The van der Waals surface area contributed by atoms with Gasteiger partial charge in [0.25, 0.3) is 0 Å². The van der Waals surface area contributed by atoms with Crippen molar-refractivity contribution in [1.82, 2.24) is 5.43 Å². The van der Waals surface area contributed by atoms with E-state index in [4.69, 9.17) is 29.0 Å². The zero-order chi connectivity index (χ0) is 14.7. The summed E-state index contributed by atoms with van der Waals surface area (Å²) < 4.78 is 13.8. The molecule has 0 saturated heterocycles. The Morgan fingerprint density at radius 3 is 2.60 bits per heavy atom. The van der Waals surface area contributed by atoms with E-state index in [0.29, 0.717) is 22.0 Å². The van der Waals surface area contributed by atoms with Crippen LogP contribution in [0, 0.1) is 12.7 Å². The van der Waals surface area contributed by atoms with Crippen molar-refractivity contribution in [2.75, 3.05) is 0 Å². The maximum absolute atomic E-state index is 13.8. The van der Waals surface area contributed by atoms with Crippen LogP contribution >= 0.6 is 23.2 Å². The van der Waals surface area contributed by atoms with Gasteiger partial charge in [0.2, 0.25) is 0 Å². The summed E-state index contributed by atoms with van der Waals surface area (Å²) in [5.74, 6) is 5.28. The second-order valence-corrected chi connectivity index (χ2v) is 5.51. The van der Waals surface area contributed by atoms with Crippen LogP contribution in [-0.2, 0) is 6.42 Å². The molecule has 0 aliphatic carbocycles. The first kappa shape index (κ1) is 15.3. The van der Waals surface area contributed by atoms with Crippen molar-refractivity contribution in [3.05, 3.63) is 69.0 Å². The lowest BCUT2D eigenvalue weighted by Crippen LogP contribution is -2.29. The highest BCUT2D eigenvalue weighted by Gasteiger charge is 2.14. The van der Waals surface area contributed by atoms with Crippen molar-refractivity contribution < 1.29 is 4.39 Å². The van der Waals surface area contributed by atoms with Crippen LogP contribution in [0.25, 0.3) is 0 Å². The Labute approximate surface area is 127 Å². The molecule has 0 aromatic heterocycles. The molecule has 5 heteroatoms. The number of hydrazine groups is 1. The van der Waals surface area contributed by atoms with Crippen molar-refractivity contribution in [3.63, 3.8) is 0 Å². The van der Waals surface area contributed by atoms with E-state index >= 15 is 0 Å². The van der Waals surface area contributed by atoms with Crippen LogP contribution < -0.4 is 11.3 Å². The molecule has 0 spiro atoms. The predicted octanol–water partition coefficient (Wildman–Crippen LogP) is 4.19. The van der Waals surface area contributed by atoms with Gasteiger partial charge >= 0.3 is 0 Å². The fraction of sp³-hybridized carbons (Fsp3) is 0.200. The van der Waals surface area contributed by atoms with Crippen LogP contribution in [0.3, 0.4) is 0 Å². The van der Waals surface area contributed by atoms with E-state index in [1.54, 1.807) is 6.07 Å². The first-order valence-electron chi connectivity index (χ1n) is 6.17. The zero-order valence-electron chi connectivity index (χ0n) is 11.0. The third-order valence-corrected chi connectivity index (χ3v) is 3.87. The minimum Gasteiger partial charge on any atom is -0.271 e. The van der Waals surface area contributed by atoms with Gasteiger partial charge in [-0.05, 0) is 54.3 Å². The van der Waals surface area contributed by atoms with Gasteiger partial charge < -0.3 is 0 Å². The van der Waals surface area contributed by atoms with Crippen LogP contribution in [0.2, 0.25) is 10.0 Å². The maximum atomic E-state index is 13.8. The molecule has 0 aliphatic heterocycles. The molecule has 0 radical (unpaired) electrons. The summed E-state index contributed by atoms with van der Waals surface area (Å²) in [6, 6.07) is 9.92. The summed E-state index contributed by atoms with van der Waals surface area (Å²) in [5.41, 5.74) is 5.09. The maximum Gasteiger partial charge on any atom is 0.126 e. The van der Waals surface area contributed by atoms with Gasteiger partial charge in [0, 0.05) is 10.0 Å². The lowest BCUT2D eigenvalue weighted by atomic mass is 9.98. The van der Waals surface area contributed by atoms with Crippen LogP contribution in [0.15, 0.2) is 36.4 Å². The Bertz CT molecular complexity index is 617. The molecular formula is C15H15Cl2FN2. The number of nitrogens with one attached hydrogen (secondary N) is 1. The summed E-state index contributed by atoms with van der Waals surface area (Å²) >= 11 is 12.0. The van der Waals surface area contributed by atoms with Gasteiger partial charge in [-0.2, -0.15) is 0 Å². The molecule has 1 unspecified atom stereocenters.